The summed E-state index contributed by atoms with van der Waals surface area (Å²) in [5.41, 5.74) is -1.00. The van der Waals surface area contributed by atoms with Crippen LogP contribution < -0.4 is 9.47 Å². The van der Waals surface area contributed by atoms with Gasteiger partial charge in [0.05, 0.1) is 5.56 Å². The summed E-state index contributed by atoms with van der Waals surface area (Å²) in [5, 5.41) is 0. The van der Waals surface area contributed by atoms with Crippen LogP contribution in [0.3, 0.4) is 0 Å². The smallest absolute Gasteiger partial charge is 0.429 e. The van der Waals surface area contributed by atoms with Crippen molar-refractivity contribution in [1.29, 1.82) is 0 Å². The minimum absolute atomic E-state index is 0.0574. The fourth-order valence-corrected chi connectivity index (χ4v) is 3.01. The molecular weight excluding hydrogens is 434 g/mol. The molecule has 8 heteroatoms. The SMILES string of the molecule is CCc1ccc(OC(F)(F)c2ccc(OC(F)(F)c3ccc(CC)c(F)c3F)cc2)cc1. The van der Waals surface area contributed by atoms with Crippen molar-refractivity contribution in [2.75, 3.05) is 0 Å². The molecule has 170 valence electrons. The molecule has 3 aromatic carbocycles. The molecule has 0 fully saturated rings. The zero-order valence-electron chi connectivity index (χ0n) is 17.3. The summed E-state index contributed by atoms with van der Waals surface area (Å²) in [7, 11) is 0. The maximum atomic E-state index is 14.4. The van der Waals surface area contributed by atoms with Gasteiger partial charge in [-0.1, -0.05) is 32.0 Å². The van der Waals surface area contributed by atoms with Gasteiger partial charge in [0, 0.05) is 0 Å². The Hall–Kier alpha value is -3.16. The molecule has 3 rings (SSSR count). The Labute approximate surface area is 181 Å². The highest BCUT2D eigenvalue weighted by Gasteiger charge is 2.40. The Balaban J connectivity index is 1.76. The first-order chi connectivity index (χ1) is 15.1. The molecule has 0 radical (unpaired) electrons. The van der Waals surface area contributed by atoms with Crippen molar-refractivity contribution >= 4 is 0 Å². The Morgan fingerprint density at radius 1 is 0.625 bits per heavy atom. The van der Waals surface area contributed by atoms with Crippen LogP contribution in [0.25, 0.3) is 0 Å². The minimum Gasteiger partial charge on any atom is -0.429 e. The summed E-state index contributed by atoms with van der Waals surface area (Å²) >= 11 is 0. The van der Waals surface area contributed by atoms with Crippen LogP contribution in [-0.4, -0.2) is 0 Å². The monoisotopic (exact) mass is 454 g/mol. The quantitative estimate of drug-likeness (QED) is 0.332. The molecule has 0 saturated carbocycles. The van der Waals surface area contributed by atoms with Crippen LogP contribution in [-0.2, 0) is 25.1 Å². The van der Waals surface area contributed by atoms with Crippen LogP contribution in [0.2, 0.25) is 0 Å². The summed E-state index contributed by atoms with van der Waals surface area (Å²) in [6, 6.07) is 11.3. The summed E-state index contributed by atoms with van der Waals surface area (Å²) in [6.45, 7) is 3.47. The fourth-order valence-electron chi connectivity index (χ4n) is 3.01. The number of hydrogen-bond acceptors (Lipinski definition) is 2. The van der Waals surface area contributed by atoms with E-state index in [0.717, 1.165) is 48.4 Å². The number of aryl methyl sites for hydroxylation is 2. The van der Waals surface area contributed by atoms with Gasteiger partial charge in [0.25, 0.3) is 0 Å². The molecule has 0 bridgehead atoms. The Morgan fingerprint density at radius 3 is 1.69 bits per heavy atom. The number of alkyl halides is 4. The number of ether oxygens (including phenoxy) is 2. The zero-order valence-corrected chi connectivity index (χ0v) is 17.3. The van der Waals surface area contributed by atoms with E-state index in [-0.39, 0.29) is 17.7 Å². The van der Waals surface area contributed by atoms with E-state index in [0.29, 0.717) is 0 Å². The van der Waals surface area contributed by atoms with E-state index in [4.69, 9.17) is 4.74 Å². The number of hydrogen-bond donors (Lipinski definition) is 0. The van der Waals surface area contributed by atoms with Gasteiger partial charge in [0.2, 0.25) is 0 Å². The van der Waals surface area contributed by atoms with Crippen molar-refractivity contribution in [1.82, 2.24) is 0 Å². The third-order valence-electron chi connectivity index (χ3n) is 4.87. The van der Waals surface area contributed by atoms with E-state index < -0.39 is 40.7 Å². The van der Waals surface area contributed by atoms with Crippen molar-refractivity contribution in [2.24, 2.45) is 0 Å². The standard InChI is InChI=1S/C24H20F6O2/c1-3-15-5-10-18(11-6-15)31-23(27,28)17-8-12-19(13-9-17)32-24(29,30)20-14-7-16(4-2)21(25)22(20)26/h5-14H,3-4H2,1-2H3. The van der Waals surface area contributed by atoms with Gasteiger partial charge in [-0.2, -0.15) is 17.6 Å². The summed E-state index contributed by atoms with van der Waals surface area (Å²) in [4.78, 5) is 0. The highest BCUT2D eigenvalue weighted by Crippen LogP contribution is 2.37. The van der Waals surface area contributed by atoms with Crippen molar-refractivity contribution in [3.8, 4) is 11.5 Å². The third-order valence-corrected chi connectivity index (χ3v) is 4.87. The summed E-state index contributed by atoms with van der Waals surface area (Å²) in [5.74, 6) is -3.68. The molecule has 3 aromatic rings. The molecule has 0 heterocycles. The van der Waals surface area contributed by atoms with Crippen LogP contribution in [0.5, 0.6) is 11.5 Å². The topological polar surface area (TPSA) is 18.5 Å². The second-order valence-electron chi connectivity index (χ2n) is 7.01. The predicted octanol–water partition coefficient (Wildman–Crippen LogP) is 7.35. The second-order valence-corrected chi connectivity index (χ2v) is 7.01. The lowest BCUT2D eigenvalue weighted by molar-refractivity contribution is -0.188. The molecule has 0 aliphatic heterocycles. The lowest BCUT2D eigenvalue weighted by Crippen LogP contribution is -2.25. The van der Waals surface area contributed by atoms with Gasteiger partial charge in [0.15, 0.2) is 11.6 Å². The molecule has 2 nitrogen and oxygen atoms in total. The molecule has 0 unspecified atom stereocenters. The van der Waals surface area contributed by atoms with Gasteiger partial charge < -0.3 is 9.47 Å². The average Bonchev–Trinajstić information content (AvgIpc) is 2.76. The average molecular weight is 454 g/mol. The van der Waals surface area contributed by atoms with Crippen LogP contribution in [0, 0.1) is 11.6 Å². The summed E-state index contributed by atoms with van der Waals surface area (Å²) < 4.78 is 94.8. The largest absolute Gasteiger partial charge is 0.429 e. The third kappa shape index (κ3) is 5.00. The van der Waals surface area contributed by atoms with Gasteiger partial charge in [0.1, 0.15) is 17.1 Å². The van der Waals surface area contributed by atoms with Gasteiger partial charge >= 0.3 is 12.2 Å². The molecule has 32 heavy (non-hydrogen) atoms. The number of halogens is 6. The first-order valence-electron chi connectivity index (χ1n) is 9.88. The van der Waals surface area contributed by atoms with E-state index in [1.165, 1.54) is 12.1 Å². The van der Waals surface area contributed by atoms with E-state index >= 15 is 0 Å². The number of benzene rings is 3. The van der Waals surface area contributed by atoms with Crippen molar-refractivity contribution < 1.29 is 35.8 Å². The molecule has 0 aliphatic carbocycles. The van der Waals surface area contributed by atoms with Gasteiger partial charge in [-0.3, -0.25) is 0 Å². The molecule has 0 spiro atoms. The van der Waals surface area contributed by atoms with E-state index in [1.54, 1.807) is 19.1 Å². The van der Waals surface area contributed by atoms with E-state index in [2.05, 4.69) is 4.74 Å². The van der Waals surface area contributed by atoms with Crippen molar-refractivity contribution in [2.45, 2.75) is 38.9 Å². The van der Waals surface area contributed by atoms with Gasteiger partial charge in [-0.25, -0.2) is 8.78 Å². The van der Waals surface area contributed by atoms with Crippen LogP contribution >= 0.6 is 0 Å². The second kappa shape index (κ2) is 9.14. The van der Waals surface area contributed by atoms with Crippen molar-refractivity contribution in [3.63, 3.8) is 0 Å². The van der Waals surface area contributed by atoms with Gasteiger partial charge in [-0.15, -0.1) is 0 Å². The highest BCUT2D eigenvalue weighted by molar-refractivity contribution is 5.33. The normalized spacial score (nSPS) is 12.0. The molecule has 0 aromatic heterocycles. The Kier molecular flexibility index (Phi) is 6.71. The lowest BCUT2D eigenvalue weighted by Gasteiger charge is -2.21. The first kappa shape index (κ1) is 23.5. The molecule has 0 amide bonds. The molecule has 0 aliphatic rings. The van der Waals surface area contributed by atoms with Crippen LogP contribution in [0.4, 0.5) is 26.3 Å². The van der Waals surface area contributed by atoms with Crippen LogP contribution in [0.15, 0.2) is 60.7 Å². The Morgan fingerprint density at radius 2 is 1.16 bits per heavy atom. The van der Waals surface area contributed by atoms with Crippen molar-refractivity contribution in [3.05, 3.63) is 94.6 Å². The highest BCUT2D eigenvalue weighted by atomic mass is 19.3. The molecule has 0 atom stereocenters. The lowest BCUT2D eigenvalue weighted by atomic mass is 10.1. The Bertz CT molecular complexity index is 1060. The minimum atomic E-state index is -4.22. The first-order valence-corrected chi connectivity index (χ1v) is 9.88. The van der Waals surface area contributed by atoms with Gasteiger partial charge in [-0.05, 0) is 66.4 Å². The molecule has 0 saturated heterocycles. The van der Waals surface area contributed by atoms with Crippen LogP contribution in [0.1, 0.15) is 36.1 Å². The zero-order chi connectivity index (χ0) is 23.5. The molecular formula is C24H20F6O2. The fraction of sp³-hybridized carbons (Fsp3) is 0.250. The molecule has 0 N–H and O–H groups in total. The predicted molar refractivity (Wildman–Crippen MR) is 107 cm³/mol. The van der Waals surface area contributed by atoms with E-state index in [9.17, 15) is 26.3 Å². The van der Waals surface area contributed by atoms with E-state index in [1.807, 2.05) is 6.92 Å². The number of rotatable bonds is 8. The summed E-state index contributed by atoms with van der Waals surface area (Å²) in [6.07, 6.45) is -7.10. The maximum absolute atomic E-state index is 14.4. The maximum Gasteiger partial charge on any atom is 0.429 e.